The van der Waals surface area contributed by atoms with E-state index in [2.05, 4.69) is 49.5 Å². The lowest BCUT2D eigenvalue weighted by atomic mass is 10.1. The van der Waals surface area contributed by atoms with Crippen LogP contribution in [0.25, 0.3) is 0 Å². The van der Waals surface area contributed by atoms with E-state index in [0.717, 1.165) is 12.3 Å². The Morgan fingerprint density at radius 1 is 1.00 bits per heavy atom. The van der Waals surface area contributed by atoms with E-state index in [-0.39, 0.29) is 0 Å². The van der Waals surface area contributed by atoms with Crippen molar-refractivity contribution in [1.29, 1.82) is 0 Å². The smallest absolute Gasteiger partial charge is 0.119 e. The van der Waals surface area contributed by atoms with Gasteiger partial charge in [0.25, 0.3) is 0 Å². The van der Waals surface area contributed by atoms with Crippen molar-refractivity contribution in [2.24, 2.45) is 0 Å². The third-order valence-electron chi connectivity index (χ3n) is 3.16. The highest BCUT2D eigenvalue weighted by molar-refractivity contribution is 5.56. The molecule has 100 valence electrons. The molecule has 0 aliphatic rings. The number of benzene rings is 2. The molecule has 0 radical (unpaired) electrons. The fraction of sp³-hybridized carbons (Fsp3) is 0.294. The number of para-hydroxylation sites is 1. The number of ether oxygens (including phenoxy) is 1. The zero-order chi connectivity index (χ0) is 13.7. The van der Waals surface area contributed by atoms with Gasteiger partial charge < -0.3 is 10.1 Å². The normalized spacial score (nSPS) is 10.3. The average molecular weight is 255 g/mol. The number of aryl methyl sites for hydroxylation is 2. The van der Waals surface area contributed by atoms with Gasteiger partial charge in [-0.25, -0.2) is 0 Å². The Kier molecular flexibility index (Phi) is 4.45. The van der Waals surface area contributed by atoms with Gasteiger partial charge in [-0.05, 0) is 49.6 Å². The average Bonchev–Trinajstić information content (AvgIpc) is 2.39. The molecule has 2 aromatic rings. The number of hydrogen-bond acceptors (Lipinski definition) is 2. The lowest BCUT2D eigenvalue weighted by Gasteiger charge is -2.13. The van der Waals surface area contributed by atoms with E-state index in [1.807, 2.05) is 19.1 Å². The van der Waals surface area contributed by atoms with E-state index in [9.17, 15) is 0 Å². The van der Waals surface area contributed by atoms with E-state index >= 15 is 0 Å². The predicted octanol–water partition coefficient (Wildman–Crippen LogP) is 4.31. The fourth-order valence-corrected chi connectivity index (χ4v) is 2.20. The molecule has 2 rings (SSSR count). The van der Waals surface area contributed by atoms with Crippen LogP contribution in [0.3, 0.4) is 0 Å². The molecule has 0 heterocycles. The summed E-state index contributed by atoms with van der Waals surface area (Å²) in [6, 6.07) is 14.6. The molecule has 0 aliphatic heterocycles. The lowest BCUT2D eigenvalue weighted by Crippen LogP contribution is -2.03. The SMILES string of the molecule is CCOc1cccc(CNc2c(C)cccc2C)c1. The third-order valence-corrected chi connectivity index (χ3v) is 3.16. The van der Waals surface area contributed by atoms with Crippen molar-refractivity contribution in [1.82, 2.24) is 0 Å². The first-order valence-electron chi connectivity index (χ1n) is 6.72. The molecule has 0 bridgehead atoms. The first-order valence-corrected chi connectivity index (χ1v) is 6.72. The Labute approximate surface area is 115 Å². The van der Waals surface area contributed by atoms with Gasteiger partial charge in [0.1, 0.15) is 5.75 Å². The number of nitrogens with one attached hydrogen (secondary N) is 1. The largest absolute Gasteiger partial charge is 0.494 e. The molecular weight excluding hydrogens is 234 g/mol. The molecule has 2 heteroatoms. The molecule has 2 nitrogen and oxygen atoms in total. The van der Waals surface area contributed by atoms with Crippen LogP contribution in [0.2, 0.25) is 0 Å². The minimum absolute atomic E-state index is 0.702. The molecule has 0 unspecified atom stereocenters. The van der Waals surface area contributed by atoms with Gasteiger partial charge in [0.05, 0.1) is 6.61 Å². The van der Waals surface area contributed by atoms with Gasteiger partial charge >= 0.3 is 0 Å². The summed E-state index contributed by atoms with van der Waals surface area (Å²) in [4.78, 5) is 0. The first kappa shape index (κ1) is 13.5. The second-order valence-corrected chi connectivity index (χ2v) is 4.70. The van der Waals surface area contributed by atoms with Gasteiger partial charge in [0.15, 0.2) is 0 Å². The maximum Gasteiger partial charge on any atom is 0.119 e. The lowest BCUT2D eigenvalue weighted by molar-refractivity contribution is 0.340. The zero-order valence-corrected chi connectivity index (χ0v) is 11.9. The molecule has 0 aromatic heterocycles. The maximum absolute atomic E-state index is 5.52. The summed E-state index contributed by atoms with van der Waals surface area (Å²) in [6.45, 7) is 7.78. The number of anilines is 1. The van der Waals surface area contributed by atoms with Crippen LogP contribution in [0.5, 0.6) is 5.75 Å². The van der Waals surface area contributed by atoms with Crippen LogP contribution in [0.1, 0.15) is 23.6 Å². The summed E-state index contributed by atoms with van der Waals surface area (Å²) in [6.07, 6.45) is 0. The van der Waals surface area contributed by atoms with Gasteiger partial charge in [-0.15, -0.1) is 0 Å². The van der Waals surface area contributed by atoms with Gasteiger partial charge in [-0.3, -0.25) is 0 Å². The molecular formula is C17H21NO. The van der Waals surface area contributed by atoms with Gasteiger partial charge in [-0.2, -0.15) is 0 Å². The summed E-state index contributed by atoms with van der Waals surface area (Å²) in [5.74, 6) is 0.934. The Hall–Kier alpha value is -1.96. The van der Waals surface area contributed by atoms with Crippen molar-refractivity contribution in [2.45, 2.75) is 27.3 Å². The molecule has 0 fully saturated rings. The van der Waals surface area contributed by atoms with Crippen LogP contribution in [-0.2, 0) is 6.54 Å². The molecule has 0 saturated carbocycles. The minimum Gasteiger partial charge on any atom is -0.494 e. The number of hydrogen-bond donors (Lipinski definition) is 1. The molecule has 0 atom stereocenters. The van der Waals surface area contributed by atoms with E-state index < -0.39 is 0 Å². The molecule has 0 saturated heterocycles. The second-order valence-electron chi connectivity index (χ2n) is 4.70. The Morgan fingerprint density at radius 2 is 1.68 bits per heavy atom. The van der Waals surface area contributed by atoms with E-state index in [1.165, 1.54) is 22.4 Å². The van der Waals surface area contributed by atoms with Crippen LogP contribution in [0.4, 0.5) is 5.69 Å². The molecule has 0 amide bonds. The summed E-state index contributed by atoms with van der Waals surface area (Å²) >= 11 is 0. The Balaban J connectivity index is 2.08. The molecule has 19 heavy (non-hydrogen) atoms. The highest BCUT2D eigenvalue weighted by Crippen LogP contribution is 2.21. The number of rotatable bonds is 5. The van der Waals surface area contributed by atoms with Crippen molar-refractivity contribution in [3.05, 3.63) is 59.2 Å². The van der Waals surface area contributed by atoms with E-state index in [4.69, 9.17) is 4.74 Å². The Bertz CT molecular complexity index is 528. The van der Waals surface area contributed by atoms with Gasteiger partial charge in [0.2, 0.25) is 0 Å². The van der Waals surface area contributed by atoms with Crippen LogP contribution in [0.15, 0.2) is 42.5 Å². The van der Waals surface area contributed by atoms with Crippen LogP contribution in [-0.4, -0.2) is 6.61 Å². The van der Waals surface area contributed by atoms with E-state index in [1.54, 1.807) is 0 Å². The monoisotopic (exact) mass is 255 g/mol. The van der Waals surface area contributed by atoms with Crippen LogP contribution < -0.4 is 10.1 Å². The summed E-state index contributed by atoms with van der Waals surface area (Å²) in [5, 5.41) is 3.51. The van der Waals surface area contributed by atoms with Crippen molar-refractivity contribution in [3.8, 4) is 5.75 Å². The second kappa shape index (κ2) is 6.28. The van der Waals surface area contributed by atoms with Crippen molar-refractivity contribution < 1.29 is 4.74 Å². The molecule has 2 aromatic carbocycles. The zero-order valence-electron chi connectivity index (χ0n) is 11.9. The summed E-state index contributed by atoms with van der Waals surface area (Å²) in [7, 11) is 0. The van der Waals surface area contributed by atoms with Crippen molar-refractivity contribution in [2.75, 3.05) is 11.9 Å². The highest BCUT2D eigenvalue weighted by atomic mass is 16.5. The maximum atomic E-state index is 5.52. The topological polar surface area (TPSA) is 21.3 Å². The highest BCUT2D eigenvalue weighted by Gasteiger charge is 2.02. The summed E-state index contributed by atoms with van der Waals surface area (Å²) < 4.78 is 5.52. The molecule has 1 N–H and O–H groups in total. The predicted molar refractivity (Wildman–Crippen MR) is 80.9 cm³/mol. The van der Waals surface area contributed by atoms with Crippen LogP contribution >= 0.6 is 0 Å². The van der Waals surface area contributed by atoms with Gasteiger partial charge in [0, 0.05) is 12.2 Å². The van der Waals surface area contributed by atoms with Crippen LogP contribution in [0, 0.1) is 13.8 Å². The third kappa shape index (κ3) is 3.50. The fourth-order valence-electron chi connectivity index (χ4n) is 2.20. The summed E-state index contributed by atoms with van der Waals surface area (Å²) in [5.41, 5.74) is 5.01. The van der Waals surface area contributed by atoms with Crippen molar-refractivity contribution >= 4 is 5.69 Å². The van der Waals surface area contributed by atoms with Crippen molar-refractivity contribution in [3.63, 3.8) is 0 Å². The van der Waals surface area contributed by atoms with Gasteiger partial charge in [-0.1, -0.05) is 30.3 Å². The molecule has 0 aliphatic carbocycles. The Morgan fingerprint density at radius 3 is 2.37 bits per heavy atom. The minimum atomic E-state index is 0.702. The van der Waals surface area contributed by atoms with E-state index in [0.29, 0.717) is 6.61 Å². The quantitative estimate of drug-likeness (QED) is 0.859. The first-order chi connectivity index (χ1) is 9.20. The molecule has 0 spiro atoms. The standard InChI is InChI=1S/C17H21NO/c1-4-19-16-10-6-9-15(11-16)12-18-17-13(2)7-5-8-14(17)3/h5-11,18H,4,12H2,1-3H3.